The lowest BCUT2D eigenvalue weighted by Crippen LogP contribution is -2.16. The molecule has 1 aliphatic carbocycles. The van der Waals surface area contributed by atoms with E-state index in [1.54, 1.807) is 5.56 Å². The van der Waals surface area contributed by atoms with Gasteiger partial charge in [-0.25, -0.2) is 0 Å². The topological polar surface area (TPSA) is 0 Å². The largest absolute Gasteiger partial charge is 0.0833 e. The van der Waals surface area contributed by atoms with Crippen molar-refractivity contribution >= 4 is 15.9 Å². The zero-order valence-electron chi connectivity index (χ0n) is 12.6. The van der Waals surface area contributed by atoms with Crippen molar-refractivity contribution in [2.45, 2.75) is 70.0 Å². The minimum absolute atomic E-state index is 0.312. The molecule has 2 rings (SSSR count). The van der Waals surface area contributed by atoms with Crippen LogP contribution in [0.4, 0.5) is 0 Å². The molecule has 0 radical (unpaired) electrons. The Bertz CT molecular complexity index is 385. The molecule has 1 fully saturated rings. The van der Waals surface area contributed by atoms with E-state index in [0.29, 0.717) is 10.2 Å². The van der Waals surface area contributed by atoms with E-state index in [2.05, 4.69) is 61.0 Å². The second-order valence-electron chi connectivity index (χ2n) is 6.71. The average molecular weight is 323 g/mol. The maximum Gasteiger partial charge on any atom is 0.0446 e. The van der Waals surface area contributed by atoms with Gasteiger partial charge in [-0.3, -0.25) is 0 Å². The lowest BCUT2D eigenvalue weighted by molar-refractivity contribution is 0.346. The molecule has 106 valence electrons. The van der Waals surface area contributed by atoms with Gasteiger partial charge >= 0.3 is 0 Å². The lowest BCUT2D eigenvalue weighted by Gasteiger charge is -2.30. The van der Waals surface area contributed by atoms with Crippen LogP contribution in [0.25, 0.3) is 0 Å². The van der Waals surface area contributed by atoms with Crippen molar-refractivity contribution < 1.29 is 0 Å². The summed E-state index contributed by atoms with van der Waals surface area (Å²) in [5, 5.41) is 0. The van der Waals surface area contributed by atoms with Crippen molar-refractivity contribution in [1.82, 2.24) is 0 Å². The van der Waals surface area contributed by atoms with E-state index in [4.69, 9.17) is 0 Å². The fourth-order valence-corrected chi connectivity index (χ4v) is 3.63. The molecule has 0 aliphatic heterocycles. The third kappa shape index (κ3) is 3.62. The Kier molecular flexibility index (Phi) is 5.11. The molecule has 1 aliphatic rings. The molecule has 1 saturated carbocycles. The Morgan fingerprint density at radius 1 is 1.11 bits per heavy atom. The van der Waals surface area contributed by atoms with Crippen LogP contribution in [0, 0.1) is 5.41 Å². The van der Waals surface area contributed by atoms with Crippen LogP contribution in [-0.2, 0) is 0 Å². The normalized spacial score (nSPS) is 19.4. The van der Waals surface area contributed by atoms with Crippen LogP contribution < -0.4 is 0 Å². The molecule has 0 amide bonds. The fraction of sp³-hybridized carbons (Fsp3) is 0.667. The number of hydrogen-bond acceptors (Lipinski definition) is 0. The highest BCUT2D eigenvalue weighted by Crippen LogP contribution is 2.43. The predicted molar refractivity (Wildman–Crippen MR) is 88.0 cm³/mol. The average Bonchev–Trinajstić information content (AvgIpc) is 2.47. The van der Waals surface area contributed by atoms with Crippen LogP contribution in [0.15, 0.2) is 24.3 Å². The van der Waals surface area contributed by atoms with Crippen LogP contribution in [0.2, 0.25) is 0 Å². The SMILES string of the molecule is CCC(C)(C)C(Br)c1ccc(C2CCCCC2)cc1. The molecule has 1 aromatic rings. The first-order valence-electron chi connectivity index (χ1n) is 7.78. The first-order chi connectivity index (χ1) is 9.04. The zero-order chi connectivity index (χ0) is 13.9. The predicted octanol–water partition coefficient (Wildman–Crippen LogP) is 6.61. The minimum atomic E-state index is 0.312. The molecule has 0 aromatic heterocycles. The highest BCUT2D eigenvalue weighted by atomic mass is 79.9. The van der Waals surface area contributed by atoms with E-state index < -0.39 is 0 Å². The maximum atomic E-state index is 3.89. The van der Waals surface area contributed by atoms with Gasteiger partial charge < -0.3 is 0 Å². The Hall–Kier alpha value is -0.300. The van der Waals surface area contributed by atoms with Crippen molar-refractivity contribution in [3.05, 3.63) is 35.4 Å². The molecule has 0 saturated heterocycles. The second kappa shape index (κ2) is 6.43. The van der Waals surface area contributed by atoms with Gasteiger partial charge in [-0.05, 0) is 41.7 Å². The van der Waals surface area contributed by atoms with E-state index in [0.717, 1.165) is 5.92 Å². The molecule has 0 heterocycles. The molecule has 1 aromatic carbocycles. The Morgan fingerprint density at radius 3 is 2.21 bits per heavy atom. The number of rotatable bonds is 4. The van der Waals surface area contributed by atoms with Crippen LogP contribution in [0.3, 0.4) is 0 Å². The zero-order valence-corrected chi connectivity index (χ0v) is 14.2. The molecule has 1 atom stereocenters. The van der Waals surface area contributed by atoms with Crippen molar-refractivity contribution in [2.24, 2.45) is 5.41 Å². The van der Waals surface area contributed by atoms with Gasteiger partial charge in [0.1, 0.15) is 0 Å². The standard InChI is InChI=1S/C18H27Br/c1-4-18(2,3)17(19)16-12-10-15(11-13-16)14-8-6-5-7-9-14/h10-14,17H,4-9H2,1-3H3. The summed E-state index contributed by atoms with van der Waals surface area (Å²) in [6.07, 6.45) is 8.22. The Labute approximate surface area is 127 Å². The Balaban J connectivity index is 2.09. The van der Waals surface area contributed by atoms with Gasteiger partial charge in [-0.1, -0.05) is 80.2 Å². The number of hydrogen-bond donors (Lipinski definition) is 0. The fourth-order valence-electron chi connectivity index (χ4n) is 3.00. The molecule has 0 N–H and O–H groups in total. The monoisotopic (exact) mass is 322 g/mol. The van der Waals surface area contributed by atoms with Crippen molar-refractivity contribution in [2.75, 3.05) is 0 Å². The summed E-state index contributed by atoms with van der Waals surface area (Å²) >= 11 is 3.89. The van der Waals surface area contributed by atoms with Gasteiger partial charge in [0, 0.05) is 4.83 Å². The Morgan fingerprint density at radius 2 is 1.68 bits per heavy atom. The van der Waals surface area contributed by atoms with Gasteiger partial charge in [0.05, 0.1) is 0 Å². The summed E-state index contributed by atoms with van der Waals surface area (Å²) in [7, 11) is 0. The number of benzene rings is 1. The van der Waals surface area contributed by atoms with E-state index in [1.807, 2.05) is 0 Å². The van der Waals surface area contributed by atoms with Gasteiger partial charge in [0.15, 0.2) is 0 Å². The first kappa shape index (κ1) is 15.1. The summed E-state index contributed by atoms with van der Waals surface area (Å²) in [4.78, 5) is 0.449. The molecule has 19 heavy (non-hydrogen) atoms. The minimum Gasteiger partial charge on any atom is -0.0833 e. The summed E-state index contributed by atoms with van der Waals surface area (Å²) in [6, 6.07) is 9.40. The van der Waals surface area contributed by atoms with Gasteiger partial charge in [0.25, 0.3) is 0 Å². The third-order valence-electron chi connectivity index (χ3n) is 4.90. The summed E-state index contributed by atoms with van der Waals surface area (Å²) in [6.45, 7) is 6.94. The van der Waals surface area contributed by atoms with Gasteiger partial charge in [0.2, 0.25) is 0 Å². The summed E-state index contributed by atoms with van der Waals surface area (Å²) < 4.78 is 0. The van der Waals surface area contributed by atoms with Crippen LogP contribution in [0.1, 0.15) is 81.2 Å². The highest BCUT2D eigenvalue weighted by Gasteiger charge is 2.26. The van der Waals surface area contributed by atoms with Crippen molar-refractivity contribution in [1.29, 1.82) is 0 Å². The van der Waals surface area contributed by atoms with Crippen LogP contribution in [0.5, 0.6) is 0 Å². The van der Waals surface area contributed by atoms with Crippen LogP contribution in [-0.4, -0.2) is 0 Å². The van der Waals surface area contributed by atoms with Gasteiger partial charge in [-0.2, -0.15) is 0 Å². The first-order valence-corrected chi connectivity index (χ1v) is 8.70. The molecular weight excluding hydrogens is 296 g/mol. The van der Waals surface area contributed by atoms with Gasteiger partial charge in [-0.15, -0.1) is 0 Å². The van der Waals surface area contributed by atoms with Crippen LogP contribution >= 0.6 is 15.9 Å². The van der Waals surface area contributed by atoms with E-state index in [9.17, 15) is 0 Å². The number of halogens is 1. The molecule has 1 unspecified atom stereocenters. The second-order valence-corrected chi connectivity index (χ2v) is 7.62. The highest BCUT2D eigenvalue weighted by molar-refractivity contribution is 9.09. The van der Waals surface area contributed by atoms with Crippen molar-refractivity contribution in [3.63, 3.8) is 0 Å². The van der Waals surface area contributed by atoms with E-state index >= 15 is 0 Å². The summed E-state index contributed by atoms with van der Waals surface area (Å²) in [5.74, 6) is 0.816. The number of alkyl halides is 1. The third-order valence-corrected chi connectivity index (χ3v) is 6.67. The maximum absolute atomic E-state index is 3.89. The molecule has 0 spiro atoms. The smallest absolute Gasteiger partial charge is 0.0446 e. The molecular formula is C18H27Br. The quantitative estimate of drug-likeness (QED) is 0.547. The lowest BCUT2D eigenvalue weighted by atomic mass is 9.81. The van der Waals surface area contributed by atoms with E-state index in [1.165, 1.54) is 44.1 Å². The van der Waals surface area contributed by atoms with Crippen molar-refractivity contribution in [3.8, 4) is 0 Å². The molecule has 0 nitrogen and oxygen atoms in total. The molecule has 1 heteroatoms. The molecule has 0 bridgehead atoms. The van der Waals surface area contributed by atoms with E-state index in [-0.39, 0.29) is 0 Å². The summed E-state index contributed by atoms with van der Waals surface area (Å²) in [5.41, 5.74) is 3.29.